The normalized spacial score (nSPS) is 10.8. The topological polar surface area (TPSA) is 146 Å². The highest BCUT2D eigenvalue weighted by atomic mass is 35.5. The van der Waals surface area contributed by atoms with Gasteiger partial charge in [-0.25, -0.2) is 9.82 Å². The van der Waals surface area contributed by atoms with Gasteiger partial charge in [0.1, 0.15) is 12.4 Å². The predicted octanol–water partition coefficient (Wildman–Crippen LogP) is 5.04. The predicted molar refractivity (Wildman–Crippen MR) is 128 cm³/mol. The van der Waals surface area contributed by atoms with Gasteiger partial charge in [0.2, 0.25) is 0 Å². The van der Waals surface area contributed by atoms with Gasteiger partial charge in [0.25, 0.3) is 17.3 Å². The zero-order chi connectivity index (χ0) is 26.2. The first kappa shape index (κ1) is 26.0. The van der Waals surface area contributed by atoms with Gasteiger partial charge in [-0.15, -0.1) is 0 Å². The number of nitrogens with zero attached hydrogens (tertiary/aromatic N) is 3. The maximum absolute atomic E-state index is 14.0. The number of nitro groups is 2. The molecule has 186 valence electrons. The zero-order valence-corrected chi connectivity index (χ0v) is 19.4. The minimum atomic E-state index is -0.884. The van der Waals surface area contributed by atoms with Crippen LogP contribution in [-0.2, 0) is 6.61 Å². The molecule has 0 atom stereocenters. The average Bonchev–Trinajstić information content (AvgIpc) is 2.84. The second kappa shape index (κ2) is 11.7. The molecule has 0 aromatic heterocycles. The fourth-order valence-electron chi connectivity index (χ4n) is 2.98. The highest BCUT2D eigenvalue weighted by Gasteiger charge is 2.19. The summed E-state index contributed by atoms with van der Waals surface area (Å²) >= 11 is 6.03. The van der Waals surface area contributed by atoms with Crippen LogP contribution in [0.2, 0.25) is 5.02 Å². The molecule has 0 aliphatic rings. The van der Waals surface area contributed by atoms with Gasteiger partial charge in [0.05, 0.1) is 39.3 Å². The van der Waals surface area contributed by atoms with Crippen molar-refractivity contribution in [1.82, 2.24) is 5.43 Å². The summed E-state index contributed by atoms with van der Waals surface area (Å²) in [7, 11) is 0. The lowest BCUT2D eigenvalue weighted by Gasteiger charge is -2.13. The molecule has 3 rings (SSSR count). The van der Waals surface area contributed by atoms with Crippen LogP contribution in [-0.4, -0.2) is 28.6 Å². The Hall–Kier alpha value is -4.58. The van der Waals surface area contributed by atoms with Crippen LogP contribution in [0.15, 0.2) is 59.7 Å². The van der Waals surface area contributed by atoms with Gasteiger partial charge in [0, 0.05) is 17.7 Å². The SMILES string of the molecule is CCOc1cc(C=NNC(=O)c2cc([N+](=O)[O-])cc([N+](=O)[O-])c2)ccc1OCc1c(F)cccc1Cl. The molecule has 3 aromatic carbocycles. The molecule has 0 saturated carbocycles. The zero-order valence-electron chi connectivity index (χ0n) is 18.6. The van der Waals surface area contributed by atoms with E-state index in [2.05, 4.69) is 10.5 Å². The average molecular weight is 517 g/mol. The summed E-state index contributed by atoms with van der Waals surface area (Å²) in [6, 6.07) is 11.6. The summed E-state index contributed by atoms with van der Waals surface area (Å²) in [5, 5.41) is 26.0. The van der Waals surface area contributed by atoms with Crippen molar-refractivity contribution in [3.05, 3.63) is 102 Å². The van der Waals surface area contributed by atoms with E-state index in [0.717, 1.165) is 18.2 Å². The smallest absolute Gasteiger partial charge is 0.277 e. The number of carbonyl (C=O) groups excluding carboxylic acids is 1. The standard InChI is InChI=1S/C23H18ClFN4O7/c1-2-35-22-8-14(6-7-21(22)36-13-18-19(24)4-3-5-20(18)25)12-26-27-23(30)15-9-16(28(31)32)11-17(10-15)29(33)34/h3-12H,2,13H2,1H3,(H,27,30). The van der Waals surface area contributed by atoms with Crippen LogP contribution in [0.25, 0.3) is 0 Å². The number of non-ortho nitro benzene ring substituents is 2. The van der Waals surface area contributed by atoms with E-state index in [4.69, 9.17) is 21.1 Å². The molecule has 0 radical (unpaired) electrons. The van der Waals surface area contributed by atoms with Crippen LogP contribution in [0, 0.1) is 26.0 Å². The van der Waals surface area contributed by atoms with E-state index in [1.165, 1.54) is 18.3 Å². The van der Waals surface area contributed by atoms with Gasteiger partial charge in [-0.3, -0.25) is 25.0 Å². The van der Waals surface area contributed by atoms with Crippen molar-refractivity contribution in [3.63, 3.8) is 0 Å². The molecule has 0 heterocycles. The Kier molecular flexibility index (Phi) is 8.47. The van der Waals surface area contributed by atoms with Crippen molar-refractivity contribution >= 4 is 35.1 Å². The fraction of sp³-hybridized carbons (Fsp3) is 0.130. The number of nitrogens with one attached hydrogen (secondary N) is 1. The largest absolute Gasteiger partial charge is 0.490 e. The quantitative estimate of drug-likeness (QED) is 0.225. The highest BCUT2D eigenvalue weighted by molar-refractivity contribution is 6.31. The highest BCUT2D eigenvalue weighted by Crippen LogP contribution is 2.30. The summed E-state index contributed by atoms with van der Waals surface area (Å²) in [4.78, 5) is 32.6. The molecule has 0 saturated heterocycles. The van der Waals surface area contributed by atoms with Crippen LogP contribution in [0.4, 0.5) is 15.8 Å². The Morgan fingerprint density at radius 1 is 1.06 bits per heavy atom. The molecule has 0 aliphatic carbocycles. The summed E-state index contributed by atoms with van der Waals surface area (Å²) in [6.07, 6.45) is 1.27. The van der Waals surface area contributed by atoms with Gasteiger partial charge in [-0.1, -0.05) is 17.7 Å². The molecule has 3 aromatic rings. The maximum Gasteiger partial charge on any atom is 0.277 e. The molecule has 1 amide bonds. The molecule has 0 aliphatic heterocycles. The number of rotatable bonds is 10. The van der Waals surface area contributed by atoms with Crippen molar-refractivity contribution in [3.8, 4) is 11.5 Å². The van der Waals surface area contributed by atoms with E-state index < -0.39 is 32.9 Å². The van der Waals surface area contributed by atoms with Gasteiger partial charge in [-0.05, 0) is 42.8 Å². The van der Waals surface area contributed by atoms with E-state index in [1.54, 1.807) is 31.2 Å². The van der Waals surface area contributed by atoms with Crippen LogP contribution in [0.5, 0.6) is 11.5 Å². The number of carbonyl (C=O) groups is 1. The molecule has 1 N–H and O–H groups in total. The Morgan fingerprint density at radius 2 is 1.75 bits per heavy atom. The molecular weight excluding hydrogens is 499 g/mol. The fourth-order valence-corrected chi connectivity index (χ4v) is 3.20. The maximum atomic E-state index is 14.0. The van der Waals surface area contributed by atoms with E-state index >= 15 is 0 Å². The Balaban J connectivity index is 1.74. The number of hydrazone groups is 1. The Morgan fingerprint density at radius 3 is 2.36 bits per heavy atom. The van der Waals surface area contributed by atoms with Crippen molar-refractivity contribution in [2.45, 2.75) is 13.5 Å². The van der Waals surface area contributed by atoms with Gasteiger partial charge in [0.15, 0.2) is 11.5 Å². The van der Waals surface area contributed by atoms with Crippen molar-refractivity contribution in [1.29, 1.82) is 0 Å². The number of ether oxygens (including phenoxy) is 2. The summed E-state index contributed by atoms with van der Waals surface area (Å²) in [5.41, 5.74) is 1.32. The van der Waals surface area contributed by atoms with Crippen molar-refractivity contribution in [2.24, 2.45) is 5.10 Å². The molecule has 0 unspecified atom stereocenters. The number of hydrogen-bond acceptors (Lipinski definition) is 8. The number of halogens is 2. The lowest BCUT2D eigenvalue weighted by molar-refractivity contribution is -0.394. The molecule has 0 fully saturated rings. The van der Waals surface area contributed by atoms with Gasteiger partial charge in [-0.2, -0.15) is 5.10 Å². The van der Waals surface area contributed by atoms with E-state index in [1.807, 2.05) is 0 Å². The third-order valence-electron chi connectivity index (χ3n) is 4.67. The van der Waals surface area contributed by atoms with Crippen molar-refractivity contribution < 1.29 is 28.5 Å². The molecule has 36 heavy (non-hydrogen) atoms. The minimum Gasteiger partial charge on any atom is -0.490 e. The first-order valence-electron chi connectivity index (χ1n) is 10.3. The van der Waals surface area contributed by atoms with Crippen LogP contribution in [0.3, 0.4) is 0 Å². The second-order valence-corrected chi connectivity index (χ2v) is 7.49. The van der Waals surface area contributed by atoms with Crippen LogP contribution >= 0.6 is 11.6 Å². The number of amides is 1. The summed E-state index contributed by atoms with van der Waals surface area (Å²) < 4.78 is 25.2. The molecular formula is C23H18ClFN4O7. The van der Waals surface area contributed by atoms with Gasteiger partial charge >= 0.3 is 0 Å². The minimum absolute atomic E-state index is 0.135. The lowest BCUT2D eigenvalue weighted by atomic mass is 10.1. The summed E-state index contributed by atoms with van der Waals surface area (Å²) in [6.45, 7) is 1.93. The first-order valence-corrected chi connectivity index (χ1v) is 10.7. The van der Waals surface area contributed by atoms with Crippen molar-refractivity contribution in [2.75, 3.05) is 6.61 Å². The third-order valence-corrected chi connectivity index (χ3v) is 5.02. The van der Waals surface area contributed by atoms with Crippen LogP contribution in [0.1, 0.15) is 28.4 Å². The monoisotopic (exact) mass is 516 g/mol. The molecule has 0 bridgehead atoms. The van der Waals surface area contributed by atoms with Gasteiger partial charge < -0.3 is 9.47 Å². The Bertz CT molecular complexity index is 1300. The molecule has 0 spiro atoms. The second-order valence-electron chi connectivity index (χ2n) is 7.08. The molecule has 11 nitrogen and oxygen atoms in total. The Labute approximate surface area is 208 Å². The third kappa shape index (κ3) is 6.51. The number of benzene rings is 3. The lowest BCUT2D eigenvalue weighted by Crippen LogP contribution is -2.18. The van der Waals surface area contributed by atoms with E-state index in [0.29, 0.717) is 23.7 Å². The first-order chi connectivity index (χ1) is 17.2. The van der Waals surface area contributed by atoms with E-state index in [-0.39, 0.29) is 22.8 Å². The number of nitro benzene ring substituents is 2. The summed E-state index contributed by atoms with van der Waals surface area (Å²) in [5.74, 6) is -0.741. The van der Waals surface area contributed by atoms with E-state index in [9.17, 15) is 29.4 Å². The molecule has 13 heteroatoms. The van der Waals surface area contributed by atoms with Crippen LogP contribution < -0.4 is 14.9 Å². The number of hydrogen-bond donors (Lipinski definition) is 1.